The number of methoxy groups -OCH3 is 1. The molecule has 4 N–H and O–H groups in total. The topological polar surface area (TPSA) is 142 Å². The minimum Gasteiger partial charge on any atom is -0.497 e. The number of carbonyl (C=O) groups excluding carboxylic acids is 3. The fourth-order valence-electron chi connectivity index (χ4n) is 5.22. The zero-order valence-corrected chi connectivity index (χ0v) is 24.8. The number of epoxide rings is 1. The van der Waals surface area contributed by atoms with Crippen molar-refractivity contribution >= 4 is 17.6 Å². The van der Waals surface area contributed by atoms with Gasteiger partial charge in [0.15, 0.2) is 5.78 Å². The molecular weight excluding hydrogens is 540 g/mol. The molecule has 42 heavy (non-hydrogen) atoms. The van der Waals surface area contributed by atoms with Gasteiger partial charge in [0, 0.05) is 18.8 Å². The summed E-state index contributed by atoms with van der Waals surface area (Å²) >= 11 is 0. The number of allylic oxidation sites excluding steroid dienone is 1. The van der Waals surface area contributed by atoms with E-state index in [-0.39, 0.29) is 18.2 Å². The molecule has 2 fully saturated rings. The third kappa shape index (κ3) is 8.41. The zero-order valence-electron chi connectivity index (χ0n) is 24.8. The van der Waals surface area contributed by atoms with Crippen molar-refractivity contribution in [2.75, 3.05) is 46.6 Å². The van der Waals surface area contributed by atoms with Gasteiger partial charge in [-0.1, -0.05) is 30.4 Å². The standard InChI is InChI=1S/C31H44N4O7/c1-20(32-26(36)18-35-13-15-41-16-14-35)21(2)33-27(28(37)23-9-11-24(40-4)12-10-23)30(39)34-25(17-22-7-5-6-8-22)29(38)31(3)19-42-31/h7,9-12,20,25,27-28,33,37H,2,5-6,8,13-19H2,1,3-4H3,(H,32,36)(H,34,39)/t20-,25-,27-,28+,31+/m0/s1. The van der Waals surface area contributed by atoms with E-state index in [2.05, 4.69) is 28.6 Å². The first kappa shape index (κ1) is 31.7. The Bertz CT molecular complexity index is 1160. The molecule has 1 aliphatic carbocycles. The molecule has 0 bridgehead atoms. The summed E-state index contributed by atoms with van der Waals surface area (Å²) in [4.78, 5) is 41.9. The largest absolute Gasteiger partial charge is 0.497 e. The van der Waals surface area contributed by atoms with E-state index in [4.69, 9.17) is 14.2 Å². The van der Waals surface area contributed by atoms with Crippen LogP contribution in [0.4, 0.5) is 0 Å². The smallest absolute Gasteiger partial charge is 0.246 e. The van der Waals surface area contributed by atoms with Crippen LogP contribution < -0.4 is 20.7 Å². The zero-order chi connectivity index (χ0) is 30.3. The van der Waals surface area contributed by atoms with Crippen LogP contribution in [0.25, 0.3) is 0 Å². The second-order valence-corrected chi connectivity index (χ2v) is 11.4. The number of rotatable bonds is 15. The molecule has 11 nitrogen and oxygen atoms in total. The lowest BCUT2D eigenvalue weighted by Gasteiger charge is -2.30. The summed E-state index contributed by atoms with van der Waals surface area (Å²) in [5.41, 5.74) is 1.02. The summed E-state index contributed by atoms with van der Waals surface area (Å²) in [6.45, 7) is 10.6. The third-order valence-electron chi connectivity index (χ3n) is 8.10. The Hall–Kier alpha value is -3.25. The predicted octanol–water partition coefficient (Wildman–Crippen LogP) is 1.38. The number of amides is 2. The van der Waals surface area contributed by atoms with Gasteiger partial charge < -0.3 is 35.3 Å². The molecule has 2 aliphatic heterocycles. The van der Waals surface area contributed by atoms with E-state index in [1.807, 2.05) is 4.90 Å². The highest BCUT2D eigenvalue weighted by Crippen LogP contribution is 2.31. The Balaban J connectivity index is 1.48. The van der Waals surface area contributed by atoms with Crippen LogP contribution in [0.3, 0.4) is 0 Å². The Morgan fingerprint density at radius 3 is 2.43 bits per heavy atom. The third-order valence-corrected chi connectivity index (χ3v) is 8.10. The summed E-state index contributed by atoms with van der Waals surface area (Å²) in [7, 11) is 1.54. The number of aliphatic hydroxyl groups is 1. The lowest BCUT2D eigenvalue weighted by molar-refractivity contribution is -0.132. The molecule has 4 rings (SSSR count). The first-order valence-corrected chi connectivity index (χ1v) is 14.6. The highest BCUT2D eigenvalue weighted by atomic mass is 16.6. The summed E-state index contributed by atoms with van der Waals surface area (Å²) in [5, 5.41) is 20.3. The molecule has 0 unspecified atom stereocenters. The van der Waals surface area contributed by atoms with E-state index in [9.17, 15) is 19.5 Å². The number of ether oxygens (including phenoxy) is 3. The monoisotopic (exact) mass is 584 g/mol. The van der Waals surface area contributed by atoms with Gasteiger partial charge in [0.05, 0.1) is 45.6 Å². The van der Waals surface area contributed by atoms with Gasteiger partial charge >= 0.3 is 0 Å². The lowest BCUT2D eigenvalue weighted by Crippen LogP contribution is -2.55. The Morgan fingerprint density at radius 1 is 1.14 bits per heavy atom. The minimum atomic E-state index is -1.29. The van der Waals surface area contributed by atoms with Gasteiger partial charge in [-0.2, -0.15) is 0 Å². The molecule has 2 saturated heterocycles. The van der Waals surface area contributed by atoms with Crippen molar-refractivity contribution in [3.63, 3.8) is 0 Å². The van der Waals surface area contributed by atoms with Crippen LogP contribution in [0, 0.1) is 0 Å². The molecule has 0 radical (unpaired) electrons. The molecule has 0 saturated carbocycles. The van der Waals surface area contributed by atoms with Crippen LogP contribution in [-0.4, -0.2) is 97.9 Å². The summed E-state index contributed by atoms with van der Waals surface area (Å²) in [6.07, 6.45) is 4.07. The summed E-state index contributed by atoms with van der Waals surface area (Å²) in [6, 6.07) is 4.18. The van der Waals surface area contributed by atoms with Crippen LogP contribution in [0.15, 0.2) is 48.2 Å². The maximum atomic E-state index is 13.8. The number of hydrogen-bond donors (Lipinski definition) is 4. The number of morpholine rings is 1. The predicted molar refractivity (Wildman–Crippen MR) is 157 cm³/mol. The molecule has 2 amide bonds. The molecule has 1 aromatic rings. The molecule has 3 aliphatic rings. The minimum absolute atomic E-state index is 0.183. The maximum absolute atomic E-state index is 13.8. The number of benzene rings is 1. The van der Waals surface area contributed by atoms with Crippen molar-refractivity contribution in [1.29, 1.82) is 0 Å². The van der Waals surface area contributed by atoms with Gasteiger partial charge in [0.1, 0.15) is 23.5 Å². The molecule has 0 aromatic heterocycles. The van der Waals surface area contributed by atoms with Gasteiger partial charge in [-0.25, -0.2) is 0 Å². The van der Waals surface area contributed by atoms with Crippen molar-refractivity contribution in [2.45, 2.75) is 69.4 Å². The molecule has 230 valence electrons. The van der Waals surface area contributed by atoms with Crippen LogP contribution in [0.2, 0.25) is 0 Å². The number of nitrogens with zero attached hydrogens (tertiary/aromatic N) is 1. The van der Waals surface area contributed by atoms with Crippen LogP contribution >= 0.6 is 0 Å². The number of Topliss-reactive ketones (excluding diaryl/α,β-unsaturated/α-hetero) is 1. The van der Waals surface area contributed by atoms with Crippen molar-refractivity contribution in [3.8, 4) is 5.75 Å². The number of hydrogen-bond acceptors (Lipinski definition) is 9. The van der Waals surface area contributed by atoms with Gasteiger partial charge in [-0.05, 0) is 57.2 Å². The molecule has 11 heteroatoms. The van der Waals surface area contributed by atoms with Crippen LogP contribution in [0.1, 0.15) is 51.2 Å². The highest BCUT2D eigenvalue weighted by molar-refractivity contribution is 5.97. The first-order valence-electron chi connectivity index (χ1n) is 14.6. The molecule has 1 aromatic carbocycles. The first-order chi connectivity index (χ1) is 20.1. The van der Waals surface area contributed by atoms with E-state index in [0.717, 1.165) is 24.8 Å². The van der Waals surface area contributed by atoms with Gasteiger partial charge in [0.25, 0.3) is 0 Å². The fourth-order valence-corrected chi connectivity index (χ4v) is 5.22. The SMILES string of the molecule is C=C(N[C@H](C(=O)N[C@@H](CC1=CCCC1)C(=O)[C@@]1(C)CO1)[C@H](O)c1ccc(OC)cc1)[C@H](C)NC(=O)CN1CCOCC1. The maximum Gasteiger partial charge on any atom is 0.246 e. The van der Waals surface area contributed by atoms with Gasteiger partial charge in [-0.3, -0.25) is 19.3 Å². The van der Waals surface area contributed by atoms with Crippen molar-refractivity contribution < 1.29 is 33.7 Å². The van der Waals surface area contributed by atoms with Crippen LogP contribution in [-0.2, 0) is 23.9 Å². The second-order valence-electron chi connectivity index (χ2n) is 11.4. The quantitative estimate of drug-likeness (QED) is 0.178. The van der Waals surface area contributed by atoms with Gasteiger partial charge in [0.2, 0.25) is 11.8 Å². The Kier molecular flexibility index (Phi) is 10.8. The summed E-state index contributed by atoms with van der Waals surface area (Å²) in [5.74, 6) is -0.331. The Labute approximate surface area is 247 Å². The lowest BCUT2D eigenvalue weighted by atomic mass is 9.93. The normalized spacial score (nSPS) is 23.1. The number of nitrogens with one attached hydrogen (secondary N) is 3. The number of carbonyl (C=O) groups is 3. The molecular formula is C31H44N4O7. The van der Waals surface area contributed by atoms with E-state index >= 15 is 0 Å². The second kappa shape index (κ2) is 14.3. The van der Waals surface area contributed by atoms with E-state index < -0.39 is 35.7 Å². The van der Waals surface area contributed by atoms with E-state index in [1.54, 1.807) is 45.2 Å². The number of ketones is 1. The fraction of sp³-hybridized carbons (Fsp3) is 0.581. The Morgan fingerprint density at radius 2 is 1.83 bits per heavy atom. The van der Waals surface area contributed by atoms with E-state index in [0.29, 0.717) is 56.3 Å². The van der Waals surface area contributed by atoms with Gasteiger partial charge in [-0.15, -0.1) is 0 Å². The van der Waals surface area contributed by atoms with E-state index in [1.165, 1.54) is 0 Å². The number of aliphatic hydroxyl groups excluding tert-OH is 1. The molecule has 2 heterocycles. The average molecular weight is 585 g/mol. The van der Waals surface area contributed by atoms with Crippen molar-refractivity contribution in [1.82, 2.24) is 20.9 Å². The average Bonchev–Trinajstić information content (AvgIpc) is 3.53. The van der Waals surface area contributed by atoms with Crippen molar-refractivity contribution in [2.24, 2.45) is 0 Å². The molecule has 5 atom stereocenters. The summed E-state index contributed by atoms with van der Waals surface area (Å²) < 4.78 is 16.0. The molecule has 0 spiro atoms. The van der Waals surface area contributed by atoms with Crippen LogP contribution in [0.5, 0.6) is 5.75 Å². The van der Waals surface area contributed by atoms with Crippen molar-refractivity contribution in [3.05, 3.63) is 53.8 Å². The highest BCUT2D eigenvalue weighted by Gasteiger charge is 2.50.